The first-order chi connectivity index (χ1) is 25.8. The molecule has 0 unspecified atom stereocenters. The Balaban J connectivity index is 1.08. The Kier molecular flexibility index (Phi) is 6.17. The predicted octanol–water partition coefficient (Wildman–Crippen LogP) is 12.4. The monoisotopic (exact) mass is 664 g/mol. The number of hydrogen-bond acceptors (Lipinski definition) is 1. The Labute approximate surface area is 300 Å². The summed E-state index contributed by atoms with van der Waals surface area (Å²) in [4.78, 5) is 0. The Morgan fingerprint density at radius 1 is 0.365 bits per heavy atom. The van der Waals surface area contributed by atoms with Crippen LogP contribution in [-0.4, -0.2) is 9.13 Å². The zero-order valence-corrected chi connectivity index (χ0v) is 28.3. The maximum absolute atomic E-state index is 7.24. The van der Waals surface area contributed by atoms with E-state index in [0.717, 1.165) is 33.8 Å². The van der Waals surface area contributed by atoms with Gasteiger partial charge in [0.2, 0.25) is 0 Å². The molecular weight excluding hydrogens is 633 g/mol. The molecule has 0 spiro atoms. The van der Waals surface area contributed by atoms with Crippen LogP contribution in [0.15, 0.2) is 188 Å². The van der Waals surface area contributed by atoms with Crippen molar-refractivity contribution in [2.24, 2.45) is 0 Å². The minimum atomic E-state index is -0.839. The van der Waals surface area contributed by atoms with Gasteiger partial charge in [-0.25, -0.2) is 0 Å². The van der Waals surface area contributed by atoms with Crippen molar-refractivity contribution < 1.29 is 4.74 Å². The summed E-state index contributed by atoms with van der Waals surface area (Å²) >= 11 is 0. The summed E-state index contributed by atoms with van der Waals surface area (Å²) < 4.78 is 12.0. The van der Waals surface area contributed by atoms with E-state index in [2.05, 4.69) is 203 Å². The van der Waals surface area contributed by atoms with Gasteiger partial charge in [-0.15, -0.1) is 0 Å². The molecule has 244 valence electrons. The van der Waals surface area contributed by atoms with E-state index in [1.807, 2.05) is 0 Å². The first-order valence-electron chi connectivity index (χ1n) is 17.9. The lowest BCUT2D eigenvalue weighted by atomic mass is 9.83. The van der Waals surface area contributed by atoms with Crippen molar-refractivity contribution in [3.05, 3.63) is 205 Å². The lowest BCUT2D eigenvalue weighted by molar-refractivity contribution is 0.161. The molecule has 0 aliphatic carbocycles. The fourth-order valence-corrected chi connectivity index (χ4v) is 8.54. The van der Waals surface area contributed by atoms with Crippen LogP contribution in [0.3, 0.4) is 0 Å². The van der Waals surface area contributed by atoms with Gasteiger partial charge in [0.05, 0.1) is 22.1 Å². The standard InChI is InChI=1S/C49H32N2O/c1-2-12-38-33(11-1)21-30-48-43(38)31-32-49(52-48,34-22-26-36(27-23-34)50-44-17-7-3-13-39(44)40-14-4-8-18-45(40)50)35-24-28-37(29-25-35)51-46-19-9-5-15-41(46)42-16-6-10-20-47(42)51/h1-32H. The van der Waals surface area contributed by atoms with Crippen LogP contribution >= 0.6 is 0 Å². The zero-order chi connectivity index (χ0) is 34.2. The molecule has 52 heavy (non-hydrogen) atoms. The summed E-state index contributed by atoms with van der Waals surface area (Å²) in [6, 6.07) is 65.3. The Morgan fingerprint density at radius 3 is 1.23 bits per heavy atom. The highest BCUT2D eigenvalue weighted by Crippen LogP contribution is 2.45. The molecule has 0 atom stereocenters. The number of para-hydroxylation sites is 4. The molecule has 0 fully saturated rings. The van der Waals surface area contributed by atoms with Crippen molar-refractivity contribution in [3.8, 4) is 17.1 Å². The second-order valence-electron chi connectivity index (χ2n) is 13.7. The summed E-state index contributed by atoms with van der Waals surface area (Å²) in [5.41, 5.74) is 9.42. The van der Waals surface area contributed by atoms with Gasteiger partial charge in [0, 0.05) is 49.6 Å². The van der Waals surface area contributed by atoms with Crippen molar-refractivity contribution in [1.29, 1.82) is 0 Å². The van der Waals surface area contributed by atoms with Crippen LogP contribution in [0.25, 0.3) is 71.8 Å². The first kappa shape index (κ1) is 28.9. The summed E-state index contributed by atoms with van der Waals surface area (Å²) in [5.74, 6) is 0.874. The molecule has 3 nitrogen and oxygen atoms in total. The molecule has 2 aromatic heterocycles. The summed E-state index contributed by atoms with van der Waals surface area (Å²) in [5, 5.41) is 7.41. The summed E-state index contributed by atoms with van der Waals surface area (Å²) in [6.45, 7) is 0. The quantitative estimate of drug-likeness (QED) is 0.183. The lowest BCUT2D eigenvalue weighted by Crippen LogP contribution is -2.34. The second-order valence-corrected chi connectivity index (χ2v) is 13.7. The highest BCUT2D eigenvalue weighted by Gasteiger charge is 2.37. The van der Waals surface area contributed by atoms with Crippen LogP contribution in [0, 0.1) is 0 Å². The van der Waals surface area contributed by atoms with Gasteiger partial charge in [-0.05, 0) is 77.5 Å². The third-order valence-corrected chi connectivity index (χ3v) is 11.0. The average molecular weight is 665 g/mol. The number of aromatic nitrogens is 2. The molecule has 3 heteroatoms. The minimum absolute atomic E-state index is 0.839. The van der Waals surface area contributed by atoms with Crippen LogP contribution in [0.2, 0.25) is 0 Å². The van der Waals surface area contributed by atoms with Crippen molar-refractivity contribution in [2.75, 3.05) is 0 Å². The Bertz CT molecular complexity index is 2770. The highest BCUT2D eigenvalue weighted by atomic mass is 16.5. The van der Waals surface area contributed by atoms with Crippen molar-refractivity contribution in [3.63, 3.8) is 0 Å². The SMILES string of the molecule is C1=CC(c2ccc(-n3c4ccccc4c4ccccc43)cc2)(c2ccc(-n3c4ccccc4c4ccccc43)cc2)Oc2ccc3ccccc3c21. The van der Waals surface area contributed by atoms with Gasteiger partial charge >= 0.3 is 0 Å². The van der Waals surface area contributed by atoms with E-state index in [9.17, 15) is 0 Å². The average Bonchev–Trinajstić information content (AvgIpc) is 3.74. The van der Waals surface area contributed by atoms with Crippen molar-refractivity contribution >= 4 is 60.5 Å². The largest absolute Gasteiger partial charge is 0.473 e. The third kappa shape index (κ3) is 4.14. The zero-order valence-electron chi connectivity index (χ0n) is 28.3. The molecule has 0 radical (unpaired) electrons. The molecular formula is C49H32N2O. The van der Waals surface area contributed by atoms with Crippen molar-refractivity contribution in [1.82, 2.24) is 9.13 Å². The molecule has 1 aliphatic rings. The molecule has 10 aromatic rings. The van der Waals surface area contributed by atoms with Gasteiger partial charge < -0.3 is 13.9 Å². The number of nitrogens with zero attached hydrogens (tertiary/aromatic N) is 2. The van der Waals surface area contributed by atoms with Crippen LogP contribution in [-0.2, 0) is 5.60 Å². The molecule has 0 saturated heterocycles. The smallest absolute Gasteiger partial charge is 0.178 e. The number of ether oxygens (including phenoxy) is 1. The lowest BCUT2D eigenvalue weighted by Gasteiger charge is -2.36. The number of fused-ring (bicyclic) bond motifs is 9. The van der Waals surface area contributed by atoms with E-state index in [0.29, 0.717) is 0 Å². The van der Waals surface area contributed by atoms with Gasteiger partial charge in [0.25, 0.3) is 0 Å². The van der Waals surface area contributed by atoms with E-state index < -0.39 is 5.60 Å². The maximum Gasteiger partial charge on any atom is 0.178 e. The molecule has 8 aromatic carbocycles. The van der Waals surface area contributed by atoms with E-state index in [1.54, 1.807) is 0 Å². The topological polar surface area (TPSA) is 19.1 Å². The number of rotatable bonds is 4. The van der Waals surface area contributed by atoms with Gasteiger partial charge in [-0.1, -0.05) is 127 Å². The Morgan fingerprint density at radius 2 is 0.769 bits per heavy atom. The van der Waals surface area contributed by atoms with E-state index in [-0.39, 0.29) is 0 Å². The van der Waals surface area contributed by atoms with Crippen LogP contribution in [0.1, 0.15) is 16.7 Å². The normalized spacial score (nSPS) is 13.6. The number of benzene rings is 8. The minimum Gasteiger partial charge on any atom is -0.473 e. The molecule has 3 heterocycles. The third-order valence-electron chi connectivity index (χ3n) is 11.0. The van der Waals surface area contributed by atoms with Crippen LogP contribution in [0.4, 0.5) is 0 Å². The molecule has 11 rings (SSSR count). The predicted molar refractivity (Wildman–Crippen MR) is 216 cm³/mol. The second kappa shape index (κ2) is 11.1. The van der Waals surface area contributed by atoms with Crippen LogP contribution in [0.5, 0.6) is 5.75 Å². The first-order valence-corrected chi connectivity index (χ1v) is 17.9. The van der Waals surface area contributed by atoms with E-state index in [4.69, 9.17) is 4.74 Å². The molecule has 0 saturated carbocycles. The molecule has 0 bridgehead atoms. The molecule has 0 N–H and O–H groups in total. The summed E-state index contributed by atoms with van der Waals surface area (Å²) in [6.07, 6.45) is 4.50. The molecule has 1 aliphatic heterocycles. The van der Waals surface area contributed by atoms with E-state index >= 15 is 0 Å². The molecule has 0 amide bonds. The van der Waals surface area contributed by atoms with E-state index in [1.165, 1.54) is 54.4 Å². The van der Waals surface area contributed by atoms with Crippen molar-refractivity contribution in [2.45, 2.75) is 5.60 Å². The Hall–Kier alpha value is -6.84. The van der Waals surface area contributed by atoms with Gasteiger partial charge in [-0.3, -0.25) is 0 Å². The van der Waals surface area contributed by atoms with Gasteiger partial charge in [0.1, 0.15) is 5.75 Å². The fourth-order valence-electron chi connectivity index (χ4n) is 8.54. The van der Waals surface area contributed by atoms with Gasteiger partial charge in [0.15, 0.2) is 5.60 Å². The maximum atomic E-state index is 7.24. The highest BCUT2D eigenvalue weighted by molar-refractivity contribution is 6.10. The number of hydrogen-bond donors (Lipinski definition) is 0. The fraction of sp³-hybridized carbons (Fsp3) is 0.0204. The van der Waals surface area contributed by atoms with Gasteiger partial charge in [-0.2, -0.15) is 0 Å². The summed E-state index contributed by atoms with van der Waals surface area (Å²) in [7, 11) is 0. The van der Waals surface area contributed by atoms with Crippen LogP contribution < -0.4 is 4.74 Å².